The van der Waals surface area contributed by atoms with E-state index >= 15 is 0 Å². The maximum Gasteiger partial charge on any atom is 0.249 e. The Bertz CT molecular complexity index is 842. The summed E-state index contributed by atoms with van der Waals surface area (Å²) in [7, 11) is 0. The lowest BCUT2D eigenvalue weighted by molar-refractivity contribution is -0.130. The Labute approximate surface area is 159 Å². The van der Waals surface area contributed by atoms with Crippen molar-refractivity contribution < 1.29 is 9.53 Å². The molecule has 0 spiro atoms. The van der Waals surface area contributed by atoms with Gasteiger partial charge < -0.3 is 9.64 Å². The average Bonchev–Trinajstić information content (AvgIpc) is 3.04. The second-order valence-electron chi connectivity index (χ2n) is 7.37. The van der Waals surface area contributed by atoms with Crippen molar-refractivity contribution in [1.29, 1.82) is 0 Å². The summed E-state index contributed by atoms with van der Waals surface area (Å²) in [5.74, 6) is 0.145. The minimum atomic E-state index is -0.110. The highest BCUT2D eigenvalue weighted by Crippen LogP contribution is 2.22. The van der Waals surface area contributed by atoms with Gasteiger partial charge in [0.1, 0.15) is 0 Å². The number of carbonyl (C=O) groups is 1. The molecule has 2 aromatic heterocycles. The van der Waals surface area contributed by atoms with Gasteiger partial charge in [0.25, 0.3) is 0 Å². The average molecular weight is 366 g/mol. The number of hydrogen-bond donors (Lipinski definition) is 0. The first-order chi connectivity index (χ1) is 13.2. The predicted molar refractivity (Wildman–Crippen MR) is 102 cm³/mol. The van der Waals surface area contributed by atoms with Crippen LogP contribution in [0.4, 0.5) is 0 Å². The molecule has 0 N–H and O–H groups in total. The summed E-state index contributed by atoms with van der Waals surface area (Å²) in [5, 5.41) is 4.41. The number of pyridine rings is 1. The second-order valence-corrected chi connectivity index (χ2v) is 7.37. The molecule has 1 atom stereocenters. The van der Waals surface area contributed by atoms with Crippen molar-refractivity contribution in [2.45, 2.75) is 58.4 Å². The Balaban J connectivity index is 1.49. The van der Waals surface area contributed by atoms with Gasteiger partial charge in [-0.3, -0.25) is 14.5 Å². The molecule has 0 aromatic carbocycles. The Morgan fingerprint density at radius 3 is 3.00 bits per heavy atom. The van der Waals surface area contributed by atoms with E-state index in [4.69, 9.17) is 4.74 Å². The Morgan fingerprint density at radius 2 is 2.19 bits per heavy atom. The number of hydrogen-bond acceptors (Lipinski definition) is 4. The van der Waals surface area contributed by atoms with Crippen LogP contribution in [0.1, 0.15) is 42.8 Å². The van der Waals surface area contributed by atoms with Gasteiger partial charge in [0.05, 0.1) is 37.2 Å². The number of aromatic nitrogens is 3. The zero-order valence-electron chi connectivity index (χ0n) is 15.8. The zero-order valence-corrected chi connectivity index (χ0v) is 15.8. The largest absolute Gasteiger partial charge is 0.368 e. The van der Waals surface area contributed by atoms with Crippen LogP contribution in [0.25, 0.3) is 0 Å². The number of ether oxygens (including phenoxy) is 1. The first-order valence-corrected chi connectivity index (χ1v) is 9.72. The summed E-state index contributed by atoms with van der Waals surface area (Å²) in [6.45, 7) is 4.22. The molecule has 6 heteroatoms. The lowest BCUT2D eigenvalue weighted by Gasteiger charge is -2.26. The van der Waals surface area contributed by atoms with Crippen molar-refractivity contribution in [2.24, 2.45) is 0 Å². The van der Waals surface area contributed by atoms with Gasteiger partial charge >= 0.3 is 0 Å². The van der Waals surface area contributed by atoms with E-state index in [1.165, 1.54) is 6.42 Å². The minimum absolute atomic E-state index is 0.110. The molecule has 6 nitrogen and oxygen atoms in total. The van der Waals surface area contributed by atoms with Gasteiger partial charge in [0.15, 0.2) is 0 Å². The summed E-state index contributed by atoms with van der Waals surface area (Å²) in [6.07, 6.45) is 7.96. The Morgan fingerprint density at radius 1 is 1.26 bits per heavy atom. The van der Waals surface area contributed by atoms with Gasteiger partial charge in [0.2, 0.25) is 5.91 Å². The summed E-state index contributed by atoms with van der Waals surface area (Å²) >= 11 is 0. The van der Waals surface area contributed by atoms with Gasteiger partial charge in [-0.15, -0.1) is 0 Å². The van der Waals surface area contributed by atoms with Crippen LogP contribution in [0.2, 0.25) is 0 Å². The molecular weight excluding hydrogens is 340 g/mol. The molecule has 3 heterocycles. The molecule has 2 aromatic rings. The SMILES string of the molecule is Cc1cccc(CO[C@H]2CN(C(=O)C3=CCCCC3)Cc3ccnn3C2)n1. The van der Waals surface area contributed by atoms with E-state index in [0.717, 1.165) is 41.9 Å². The van der Waals surface area contributed by atoms with Crippen molar-refractivity contribution in [3.05, 3.63) is 59.2 Å². The molecule has 1 amide bonds. The van der Waals surface area contributed by atoms with Crippen LogP contribution in [-0.2, 0) is 29.2 Å². The lowest BCUT2D eigenvalue weighted by atomic mass is 9.98. The molecule has 0 unspecified atom stereocenters. The number of amides is 1. The normalized spacial score (nSPS) is 20.0. The zero-order chi connectivity index (χ0) is 18.6. The van der Waals surface area contributed by atoms with E-state index in [0.29, 0.717) is 26.2 Å². The highest BCUT2D eigenvalue weighted by molar-refractivity contribution is 5.93. The van der Waals surface area contributed by atoms with Gasteiger partial charge in [-0.25, -0.2) is 0 Å². The van der Waals surface area contributed by atoms with Crippen molar-refractivity contribution in [2.75, 3.05) is 6.54 Å². The van der Waals surface area contributed by atoms with Crippen molar-refractivity contribution in [1.82, 2.24) is 19.7 Å². The predicted octanol–water partition coefficient (Wildman–Crippen LogP) is 3.01. The molecule has 4 rings (SSSR count). The molecule has 142 valence electrons. The summed E-state index contributed by atoms with van der Waals surface area (Å²) < 4.78 is 8.12. The van der Waals surface area contributed by atoms with E-state index in [2.05, 4.69) is 16.2 Å². The molecular formula is C21H26N4O2. The first kappa shape index (κ1) is 17.9. The van der Waals surface area contributed by atoms with Crippen molar-refractivity contribution in [3.63, 3.8) is 0 Å². The maximum atomic E-state index is 13.1. The van der Waals surface area contributed by atoms with Crippen molar-refractivity contribution in [3.8, 4) is 0 Å². The molecule has 0 saturated heterocycles. The van der Waals surface area contributed by atoms with Crippen LogP contribution in [0.5, 0.6) is 0 Å². The Hall–Kier alpha value is -2.47. The number of allylic oxidation sites excluding steroid dienone is 1. The number of nitrogens with zero attached hydrogens (tertiary/aromatic N) is 4. The van der Waals surface area contributed by atoms with E-state index in [1.807, 2.05) is 40.8 Å². The number of aryl methyl sites for hydroxylation is 1. The van der Waals surface area contributed by atoms with E-state index < -0.39 is 0 Å². The topological polar surface area (TPSA) is 60.2 Å². The third-order valence-electron chi connectivity index (χ3n) is 5.22. The molecule has 0 radical (unpaired) electrons. The van der Waals surface area contributed by atoms with Crippen LogP contribution in [0, 0.1) is 6.92 Å². The van der Waals surface area contributed by atoms with Crippen LogP contribution < -0.4 is 0 Å². The monoisotopic (exact) mass is 366 g/mol. The fourth-order valence-electron chi connectivity index (χ4n) is 3.79. The van der Waals surface area contributed by atoms with E-state index in [-0.39, 0.29) is 12.0 Å². The fraction of sp³-hybridized carbons (Fsp3) is 0.476. The van der Waals surface area contributed by atoms with Gasteiger partial charge in [-0.05, 0) is 50.8 Å². The number of carbonyl (C=O) groups excluding carboxylic acids is 1. The van der Waals surface area contributed by atoms with Crippen LogP contribution in [0.15, 0.2) is 42.1 Å². The first-order valence-electron chi connectivity index (χ1n) is 9.72. The quantitative estimate of drug-likeness (QED) is 0.835. The van der Waals surface area contributed by atoms with Crippen LogP contribution in [-0.4, -0.2) is 38.2 Å². The van der Waals surface area contributed by atoms with Crippen molar-refractivity contribution >= 4 is 5.91 Å². The molecule has 2 aliphatic rings. The molecule has 27 heavy (non-hydrogen) atoms. The summed E-state index contributed by atoms with van der Waals surface area (Å²) in [6, 6.07) is 7.92. The molecule has 1 aliphatic carbocycles. The standard InChI is InChI=1S/C21H26N4O2/c1-16-6-5-9-18(23-16)15-27-20-13-24(12-19-10-11-22-25(19)14-20)21(26)17-7-3-2-4-8-17/h5-7,9-11,20H,2-4,8,12-15H2,1H3/t20-/m0/s1. The van der Waals surface area contributed by atoms with E-state index in [1.54, 1.807) is 6.20 Å². The summed E-state index contributed by atoms with van der Waals surface area (Å²) in [5.41, 5.74) is 3.90. The highest BCUT2D eigenvalue weighted by Gasteiger charge is 2.28. The van der Waals surface area contributed by atoms with E-state index in [9.17, 15) is 4.79 Å². The second kappa shape index (κ2) is 8.05. The van der Waals surface area contributed by atoms with Gasteiger partial charge in [-0.2, -0.15) is 5.10 Å². The maximum absolute atomic E-state index is 13.1. The molecule has 0 saturated carbocycles. The molecule has 1 aliphatic heterocycles. The third kappa shape index (κ3) is 4.27. The van der Waals surface area contributed by atoms with Crippen LogP contribution >= 0.6 is 0 Å². The van der Waals surface area contributed by atoms with Crippen LogP contribution in [0.3, 0.4) is 0 Å². The van der Waals surface area contributed by atoms with Gasteiger partial charge in [0, 0.05) is 24.0 Å². The highest BCUT2D eigenvalue weighted by atomic mass is 16.5. The minimum Gasteiger partial charge on any atom is -0.368 e. The molecule has 0 fully saturated rings. The number of fused-ring (bicyclic) bond motifs is 1. The number of rotatable bonds is 4. The lowest BCUT2D eigenvalue weighted by Crippen LogP contribution is -2.38. The summed E-state index contributed by atoms with van der Waals surface area (Å²) in [4.78, 5) is 19.5. The fourth-order valence-corrected chi connectivity index (χ4v) is 3.79. The molecule has 0 bridgehead atoms. The van der Waals surface area contributed by atoms with Gasteiger partial charge in [-0.1, -0.05) is 12.1 Å². The third-order valence-corrected chi connectivity index (χ3v) is 5.22. The Kier molecular flexibility index (Phi) is 5.34. The smallest absolute Gasteiger partial charge is 0.249 e.